The lowest BCUT2D eigenvalue weighted by Gasteiger charge is -2.16. The van der Waals surface area contributed by atoms with E-state index < -0.39 is 0 Å². The zero-order valence-electron chi connectivity index (χ0n) is 11.4. The number of para-hydroxylation sites is 1. The predicted octanol–water partition coefficient (Wildman–Crippen LogP) is 2.72. The lowest BCUT2D eigenvalue weighted by molar-refractivity contribution is 0.291. The summed E-state index contributed by atoms with van der Waals surface area (Å²) >= 11 is 1.83. The molecule has 0 bridgehead atoms. The smallest absolute Gasteiger partial charge is 0.164 e. The van der Waals surface area contributed by atoms with Crippen molar-refractivity contribution >= 4 is 11.8 Å². The number of ether oxygens (including phenoxy) is 2. The molecule has 0 aliphatic rings. The molecule has 1 atom stereocenters. The molecule has 4 heteroatoms. The van der Waals surface area contributed by atoms with Crippen LogP contribution < -0.4 is 15.2 Å². The molecule has 0 radical (unpaired) electrons. The van der Waals surface area contributed by atoms with Crippen molar-refractivity contribution in [2.75, 3.05) is 25.7 Å². The van der Waals surface area contributed by atoms with Crippen molar-refractivity contribution in [2.24, 2.45) is 5.73 Å². The first kappa shape index (κ1) is 15.2. The summed E-state index contributed by atoms with van der Waals surface area (Å²) in [6, 6.07) is 6.07. The molecule has 0 amide bonds. The number of hydrogen-bond donors (Lipinski definition) is 1. The normalized spacial score (nSPS) is 12.2. The van der Waals surface area contributed by atoms with Crippen LogP contribution in [0.4, 0.5) is 0 Å². The van der Waals surface area contributed by atoms with Crippen LogP contribution in [0.5, 0.6) is 11.5 Å². The largest absolute Gasteiger partial charge is 0.493 e. The lowest BCUT2D eigenvalue weighted by Crippen LogP contribution is -2.18. The van der Waals surface area contributed by atoms with Gasteiger partial charge in [-0.1, -0.05) is 12.1 Å². The highest BCUT2D eigenvalue weighted by molar-refractivity contribution is 7.98. The molecule has 3 nitrogen and oxygen atoms in total. The second kappa shape index (κ2) is 8.27. The molecule has 0 aromatic heterocycles. The van der Waals surface area contributed by atoms with E-state index in [0.717, 1.165) is 35.7 Å². The molecule has 0 saturated heterocycles. The molecular weight excluding hydrogens is 246 g/mol. The minimum atomic E-state index is 0.116. The van der Waals surface area contributed by atoms with Crippen LogP contribution in [0.2, 0.25) is 0 Å². The molecule has 0 aliphatic carbocycles. The van der Waals surface area contributed by atoms with Gasteiger partial charge in [-0.3, -0.25) is 0 Å². The SMILES string of the molecule is COc1cccc(CC(C)N)c1OCCCSC. The van der Waals surface area contributed by atoms with E-state index in [9.17, 15) is 0 Å². The minimum absolute atomic E-state index is 0.116. The van der Waals surface area contributed by atoms with Gasteiger partial charge in [0.15, 0.2) is 11.5 Å². The third-order valence-corrected chi connectivity index (χ3v) is 3.26. The summed E-state index contributed by atoms with van der Waals surface area (Å²) in [7, 11) is 1.67. The summed E-state index contributed by atoms with van der Waals surface area (Å²) in [4.78, 5) is 0. The third kappa shape index (κ3) is 4.78. The van der Waals surface area contributed by atoms with E-state index in [0.29, 0.717) is 6.61 Å². The second-order valence-electron chi connectivity index (χ2n) is 4.32. The van der Waals surface area contributed by atoms with Gasteiger partial charge in [0.05, 0.1) is 13.7 Å². The molecule has 1 unspecified atom stereocenters. The Bertz CT molecular complexity index is 356. The van der Waals surface area contributed by atoms with Crippen LogP contribution in [0, 0.1) is 0 Å². The van der Waals surface area contributed by atoms with Crippen molar-refractivity contribution in [3.05, 3.63) is 23.8 Å². The molecule has 0 spiro atoms. The number of hydrogen-bond acceptors (Lipinski definition) is 4. The molecule has 2 N–H and O–H groups in total. The molecular formula is C14H23NO2S. The molecule has 0 heterocycles. The fourth-order valence-corrected chi connectivity index (χ4v) is 2.18. The standard InChI is InChI=1S/C14H23NO2S/c1-11(15)10-12-6-4-7-13(16-2)14(12)17-8-5-9-18-3/h4,6-7,11H,5,8-10,15H2,1-3H3. The summed E-state index contributed by atoms with van der Waals surface area (Å²) < 4.78 is 11.2. The first-order valence-electron chi connectivity index (χ1n) is 6.22. The van der Waals surface area contributed by atoms with E-state index in [1.165, 1.54) is 0 Å². The first-order chi connectivity index (χ1) is 8.69. The van der Waals surface area contributed by atoms with Gasteiger partial charge in [0.2, 0.25) is 0 Å². The van der Waals surface area contributed by atoms with Crippen molar-refractivity contribution in [3.63, 3.8) is 0 Å². The lowest BCUT2D eigenvalue weighted by atomic mass is 10.1. The highest BCUT2D eigenvalue weighted by Crippen LogP contribution is 2.31. The predicted molar refractivity (Wildman–Crippen MR) is 78.8 cm³/mol. The van der Waals surface area contributed by atoms with Crippen molar-refractivity contribution in [2.45, 2.75) is 25.8 Å². The maximum Gasteiger partial charge on any atom is 0.164 e. The van der Waals surface area contributed by atoms with E-state index in [4.69, 9.17) is 15.2 Å². The fraction of sp³-hybridized carbons (Fsp3) is 0.571. The molecule has 0 aliphatic heterocycles. The number of nitrogens with two attached hydrogens (primary N) is 1. The number of rotatable bonds is 8. The average molecular weight is 269 g/mol. The summed E-state index contributed by atoms with van der Waals surface area (Å²) in [6.07, 6.45) is 3.94. The first-order valence-corrected chi connectivity index (χ1v) is 7.61. The van der Waals surface area contributed by atoms with Crippen LogP contribution in [-0.4, -0.2) is 31.8 Å². The Balaban J connectivity index is 2.76. The van der Waals surface area contributed by atoms with Gasteiger partial charge in [0.1, 0.15) is 0 Å². The Kier molecular flexibility index (Phi) is 6.98. The van der Waals surface area contributed by atoms with Gasteiger partial charge < -0.3 is 15.2 Å². The second-order valence-corrected chi connectivity index (χ2v) is 5.31. The third-order valence-electron chi connectivity index (χ3n) is 2.56. The highest BCUT2D eigenvalue weighted by atomic mass is 32.2. The summed E-state index contributed by atoms with van der Waals surface area (Å²) in [5.41, 5.74) is 6.98. The number of thioether (sulfide) groups is 1. The van der Waals surface area contributed by atoms with Crippen molar-refractivity contribution < 1.29 is 9.47 Å². The van der Waals surface area contributed by atoms with Crippen LogP contribution >= 0.6 is 11.8 Å². The zero-order valence-corrected chi connectivity index (χ0v) is 12.3. The molecule has 1 rings (SSSR count). The van der Waals surface area contributed by atoms with Gasteiger partial charge >= 0.3 is 0 Å². The molecule has 1 aromatic carbocycles. The quantitative estimate of drug-likeness (QED) is 0.737. The van der Waals surface area contributed by atoms with E-state index in [1.54, 1.807) is 7.11 Å². The monoisotopic (exact) mass is 269 g/mol. The molecule has 0 fully saturated rings. The Morgan fingerprint density at radius 2 is 2.17 bits per heavy atom. The summed E-state index contributed by atoms with van der Waals surface area (Å²) in [5, 5.41) is 0. The van der Waals surface area contributed by atoms with Crippen LogP contribution in [0.1, 0.15) is 18.9 Å². The molecule has 0 saturated carbocycles. The molecule has 18 heavy (non-hydrogen) atoms. The number of benzene rings is 1. The van der Waals surface area contributed by atoms with Crippen LogP contribution in [0.3, 0.4) is 0 Å². The topological polar surface area (TPSA) is 44.5 Å². The van der Waals surface area contributed by atoms with Gasteiger partial charge in [-0.05, 0) is 43.4 Å². The van der Waals surface area contributed by atoms with Crippen LogP contribution in [-0.2, 0) is 6.42 Å². The van der Waals surface area contributed by atoms with Crippen molar-refractivity contribution in [1.29, 1.82) is 0 Å². The Morgan fingerprint density at radius 3 is 2.78 bits per heavy atom. The van der Waals surface area contributed by atoms with Crippen molar-refractivity contribution in [3.8, 4) is 11.5 Å². The zero-order chi connectivity index (χ0) is 13.4. The average Bonchev–Trinajstić information content (AvgIpc) is 2.35. The van der Waals surface area contributed by atoms with Gasteiger partial charge in [-0.2, -0.15) is 11.8 Å². The molecule has 1 aromatic rings. The summed E-state index contributed by atoms with van der Waals surface area (Å²) in [5.74, 6) is 2.74. The number of methoxy groups -OCH3 is 1. The highest BCUT2D eigenvalue weighted by Gasteiger charge is 2.11. The van der Waals surface area contributed by atoms with Gasteiger partial charge in [-0.25, -0.2) is 0 Å². The van der Waals surface area contributed by atoms with Gasteiger partial charge in [-0.15, -0.1) is 0 Å². The van der Waals surface area contributed by atoms with Gasteiger partial charge in [0.25, 0.3) is 0 Å². The van der Waals surface area contributed by atoms with E-state index in [2.05, 4.69) is 12.3 Å². The van der Waals surface area contributed by atoms with Crippen LogP contribution in [0.25, 0.3) is 0 Å². The minimum Gasteiger partial charge on any atom is -0.493 e. The fourth-order valence-electron chi connectivity index (χ4n) is 1.77. The maximum atomic E-state index is 5.87. The maximum absolute atomic E-state index is 5.87. The van der Waals surface area contributed by atoms with E-state index in [1.807, 2.05) is 30.8 Å². The van der Waals surface area contributed by atoms with E-state index in [-0.39, 0.29) is 6.04 Å². The van der Waals surface area contributed by atoms with Crippen molar-refractivity contribution in [1.82, 2.24) is 0 Å². The van der Waals surface area contributed by atoms with Crippen LogP contribution in [0.15, 0.2) is 18.2 Å². The van der Waals surface area contributed by atoms with Gasteiger partial charge in [0, 0.05) is 6.04 Å². The molecule has 102 valence electrons. The summed E-state index contributed by atoms with van der Waals surface area (Å²) in [6.45, 7) is 2.71. The Labute approximate surface area is 114 Å². The van der Waals surface area contributed by atoms with E-state index >= 15 is 0 Å². The Morgan fingerprint density at radius 1 is 1.39 bits per heavy atom. The Hall–Kier alpha value is -0.870.